The zero-order valence-electron chi connectivity index (χ0n) is 16.9. The smallest absolute Gasteiger partial charge is 0.313 e. The minimum absolute atomic E-state index is 0.0785. The molecule has 2 atom stereocenters. The van der Waals surface area contributed by atoms with Crippen LogP contribution in [-0.4, -0.2) is 17.9 Å². The Kier molecular flexibility index (Phi) is 7.51. The Bertz CT molecular complexity index is 862. The van der Waals surface area contributed by atoms with E-state index in [1.54, 1.807) is 43.3 Å². The predicted octanol–water partition coefficient (Wildman–Crippen LogP) is 5.95. The number of allylic oxidation sites excluding steroid dienone is 2. The van der Waals surface area contributed by atoms with Crippen LogP contribution >= 0.6 is 0 Å². The number of ketones is 1. The molecule has 0 aliphatic heterocycles. The molecular weight excluding hydrogens is 348 g/mol. The van der Waals surface area contributed by atoms with Crippen LogP contribution in [0.1, 0.15) is 66.6 Å². The maximum Gasteiger partial charge on any atom is 0.313 e. The van der Waals surface area contributed by atoms with E-state index in [0.717, 1.165) is 23.1 Å². The summed E-state index contributed by atoms with van der Waals surface area (Å²) in [4.78, 5) is 25.2. The van der Waals surface area contributed by atoms with E-state index in [4.69, 9.17) is 4.74 Å². The van der Waals surface area contributed by atoms with Crippen LogP contribution in [0.3, 0.4) is 0 Å². The highest BCUT2D eigenvalue weighted by molar-refractivity contribution is 6.09. The van der Waals surface area contributed by atoms with Gasteiger partial charge in [-0.25, -0.2) is 0 Å². The molecule has 2 aromatic carbocycles. The van der Waals surface area contributed by atoms with Crippen LogP contribution in [0.4, 0.5) is 0 Å². The third kappa shape index (κ3) is 5.29. The number of ether oxygens (including phenoxy) is 1. The zero-order chi connectivity index (χ0) is 20.7. The molecule has 0 fully saturated rings. The Morgan fingerprint density at radius 3 is 2.29 bits per heavy atom. The lowest BCUT2D eigenvalue weighted by Gasteiger charge is -2.16. The normalized spacial score (nSPS) is 12.7. The molecule has 2 aromatic rings. The molecule has 0 N–H and O–H groups in total. The van der Waals surface area contributed by atoms with Gasteiger partial charge in [0.1, 0.15) is 0 Å². The van der Waals surface area contributed by atoms with E-state index in [1.807, 2.05) is 32.0 Å². The van der Waals surface area contributed by atoms with E-state index in [-0.39, 0.29) is 17.9 Å². The lowest BCUT2D eigenvalue weighted by atomic mass is 9.94. The van der Waals surface area contributed by atoms with Gasteiger partial charge in [0.05, 0.1) is 12.0 Å². The second kappa shape index (κ2) is 9.84. The van der Waals surface area contributed by atoms with Crippen molar-refractivity contribution in [3.8, 4) is 0 Å². The van der Waals surface area contributed by atoms with Crippen LogP contribution in [0.5, 0.6) is 0 Å². The van der Waals surface area contributed by atoms with Gasteiger partial charge in [0.15, 0.2) is 5.78 Å². The lowest BCUT2D eigenvalue weighted by Crippen LogP contribution is -2.19. The van der Waals surface area contributed by atoms with Gasteiger partial charge in [0, 0.05) is 11.1 Å². The third-order valence-electron chi connectivity index (χ3n) is 4.84. The van der Waals surface area contributed by atoms with Crippen LogP contribution in [-0.2, 0) is 9.53 Å². The molecule has 0 radical (unpaired) electrons. The third-order valence-corrected chi connectivity index (χ3v) is 4.84. The molecule has 2 rings (SSSR count). The molecule has 0 saturated heterocycles. The number of rotatable bonds is 9. The van der Waals surface area contributed by atoms with Gasteiger partial charge in [-0.15, -0.1) is 6.58 Å². The van der Waals surface area contributed by atoms with E-state index in [2.05, 4.69) is 13.2 Å². The molecule has 0 spiro atoms. The van der Waals surface area contributed by atoms with E-state index in [9.17, 15) is 9.59 Å². The zero-order valence-corrected chi connectivity index (χ0v) is 16.9. The Morgan fingerprint density at radius 2 is 1.68 bits per heavy atom. The minimum atomic E-state index is -0.425. The summed E-state index contributed by atoms with van der Waals surface area (Å²) in [5.41, 5.74) is 3.88. The van der Waals surface area contributed by atoms with Crippen molar-refractivity contribution >= 4 is 17.3 Å². The Balaban J connectivity index is 2.18. The van der Waals surface area contributed by atoms with Crippen molar-refractivity contribution in [1.29, 1.82) is 0 Å². The average Bonchev–Trinajstić information content (AvgIpc) is 2.72. The standard InChI is InChI=1S/C25H28O3/c1-6-9-17(3)20-12-14-21(15-13-20)24(26)23-11-8-10-22(16-23)19(5)25(27)28-18(4)7-2/h6,8,10-16,18-19H,1,3,7,9H2,2,4-5H3. The average molecular weight is 376 g/mol. The minimum Gasteiger partial charge on any atom is -0.462 e. The summed E-state index contributed by atoms with van der Waals surface area (Å²) < 4.78 is 5.42. The molecule has 0 aliphatic rings. The number of carbonyl (C=O) groups excluding carboxylic acids is 2. The fraction of sp³-hybridized carbons (Fsp3) is 0.280. The van der Waals surface area contributed by atoms with Crippen molar-refractivity contribution < 1.29 is 14.3 Å². The molecule has 0 amide bonds. The van der Waals surface area contributed by atoms with Gasteiger partial charge in [-0.3, -0.25) is 9.59 Å². The quantitative estimate of drug-likeness (QED) is 0.308. The molecule has 2 unspecified atom stereocenters. The van der Waals surface area contributed by atoms with E-state index >= 15 is 0 Å². The SMILES string of the molecule is C=CCC(=C)c1ccc(C(=O)c2cccc(C(C)C(=O)OC(C)CC)c2)cc1. The first kappa shape index (κ1) is 21.4. The van der Waals surface area contributed by atoms with Crippen molar-refractivity contribution in [3.05, 3.63) is 90.0 Å². The molecular formula is C25H28O3. The van der Waals surface area contributed by atoms with E-state index in [0.29, 0.717) is 17.5 Å². The Hall–Kier alpha value is -2.94. The van der Waals surface area contributed by atoms with Crippen molar-refractivity contribution in [1.82, 2.24) is 0 Å². The topological polar surface area (TPSA) is 43.4 Å². The summed E-state index contributed by atoms with van der Waals surface area (Å²) in [5, 5.41) is 0. The van der Waals surface area contributed by atoms with Gasteiger partial charge in [0.25, 0.3) is 0 Å². The molecule has 3 nitrogen and oxygen atoms in total. The lowest BCUT2D eigenvalue weighted by molar-refractivity contribution is -0.149. The van der Waals surface area contributed by atoms with Gasteiger partial charge >= 0.3 is 5.97 Å². The summed E-state index contributed by atoms with van der Waals surface area (Å²) >= 11 is 0. The molecule has 0 aromatic heterocycles. The maximum absolute atomic E-state index is 12.9. The number of hydrogen-bond acceptors (Lipinski definition) is 3. The molecule has 28 heavy (non-hydrogen) atoms. The molecule has 0 aliphatic carbocycles. The monoisotopic (exact) mass is 376 g/mol. The second-order valence-corrected chi connectivity index (χ2v) is 7.01. The number of carbonyl (C=O) groups is 2. The van der Waals surface area contributed by atoms with E-state index in [1.165, 1.54) is 0 Å². The summed E-state index contributed by atoms with van der Waals surface area (Å²) in [6.07, 6.45) is 3.17. The van der Waals surface area contributed by atoms with Gasteiger partial charge in [-0.2, -0.15) is 0 Å². The van der Waals surface area contributed by atoms with Crippen molar-refractivity contribution in [3.63, 3.8) is 0 Å². The largest absolute Gasteiger partial charge is 0.462 e. The Morgan fingerprint density at radius 1 is 1.04 bits per heavy atom. The first-order valence-electron chi connectivity index (χ1n) is 9.61. The van der Waals surface area contributed by atoms with Gasteiger partial charge < -0.3 is 4.74 Å². The van der Waals surface area contributed by atoms with Crippen LogP contribution in [0, 0.1) is 0 Å². The number of hydrogen-bond donors (Lipinski definition) is 0. The summed E-state index contributed by atoms with van der Waals surface area (Å²) in [6, 6.07) is 14.6. The van der Waals surface area contributed by atoms with Gasteiger partial charge in [-0.05, 0) is 49.5 Å². The highest BCUT2D eigenvalue weighted by Gasteiger charge is 2.20. The second-order valence-electron chi connectivity index (χ2n) is 7.01. The summed E-state index contributed by atoms with van der Waals surface area (Å²) in [7, 11) is 0. The van der Waals surface area contributed by atoms with Crippen molar-refractivity contribution in [2.45, 2.75) is 45.6 Å². The Labute approximate surface area is 167 Å². The van der Waals surface area contributed by atoms with Gasteiger partial charge in [0.2, 0.25) is 0 Å². The number of benzene rings is 2. The fourth-order valence-corrected chi connectivity index (χ4v) is 2.79. The fourth-order valence-electron chi connectivity index (χ4n) is 2.79. The van der Waals surface area contributed by atoms with Gasteiger partial charge in [-0.1, -0.05) is 62.0 Å². The molecule has 3 heteroatoms. The van der Waals surface area contributed by atoms with E-state index < -0.39 is 5.92 Å². The summed E-state index contributed by atoms with van der Waals surface area (Å²) in [5.74, 6) is -0.777. The highest BCUT2D eigenvalue weighted by Crippen LogP contribution is 2.22. The van der Waals surface area contributed by atoms with Crippen LogP contribution < -0.4 is 0 Å². The van der Waals surface area contributed by atoms with Crippen LogP contribution in [0.25, 0.3) is 5.57 Å². The molecule has 146 valence electrons. The highest BCUT2D eigenvalue weighted by atomic mass is 16.5. The first-order chi connectivity index (χ1) is 13.4. The molecule has 0 heterocycles. The molecule has 0 bridgehead atoms. The van der Waals surface area contributed by atoms with Crippen LogP contribution in [0.2, 0.25) is 0 Å². The molecule has 0 saturated carbocycles. The van der Waals surface area contributed by atoms with Crippen molar-refractivity contribution in [2.75, 3.05) is 0 Å². The maximum atomic E-state index is 12.9. The van der Waals surface area contributed by atoms with Crippen molar-refractivity contribution in [2.24, 2.45) is 0 Å². The number of esters is 1. The van der Waals surface area contributed by atoms with Crippen LogP contribution in [0.15, 0.2) is 67.8 Å². The predicted molar refractivity (Wildman–Crippen MR) is 114 cm³/mol. The first-order valence-corrected chi connectivity index (χ1v) is 9.61. The summed E-state index contributed by atoms with van der Waals surface area (Å²) in [6.45, 7) is 13.4.